The monoisotopic (exact) mass is 449 g/mol. The SMILES string of the molecule is Cc1oc(-c2ccc(C(=O)N3CCc4ccccc4C3)cc2)nc1CN1CCc2ccccc21. The molecule has 1 aromatic heterocycles. The van der Waals surface area contributed by atoms with E-state index in [4.69, 9.17) is 9.40 Å². The summed E-state index contributed by atoms with van der Waals surface area (Å²) in [6.45, 7) is 5.12. The Bertz CT molecular complexity index is 1360. The topological polar surface area (TPSA) is 49.6 Å². The molecule has 0 fully saturated rings. The molecule has 0 bridgehead atoms. The van der Waals surface area contributed by atoms with E-state index in [1.165, 1.54) is 22.4 Å². The van der Waals surface area contributed by atoms with E-state index in [-0.39, 0.29) is 5.91 Å². The molecule has 4 aromatic rings. The Labute approximate surface area is 199 Å². The Morgan fingerprint density at radius 1 is 0.882 bits per heavy atom. The van der Waals surface area contributed by atoms with E-state index in [0.29, 0.717) is 18.0 Å². The van der Waals surface area contributed by atoms with Crippen molar-refractivity contribution in [1.29, 1.82) is 0 Å². The summed E-state index contributed by atoms with van der Waals surface area (Å²) < 4.78 is 6.02. The van der Waals surface area contributed by atoms with Gasteiger partial charge in [0.2, 0.25) is 5.89 Å². The number of carbonyl (C=O) groups is 1. The molecule has 2 aliphatic rings. The van der Waals surface area contributed by atoms with Crippen LogP contribution in [0.3, 0.4) is 0 Å². The number of para-hydroxylation sites is 1. The number of hydrogen-bond donors (Lipinski definition) is 0. The van der Waals surface area contributed by atoms with Crippen LogP contribution in [0.1, 0.15) is 38.5 Å². The van der Waals surface area contributed by atoms with Crippen molar-refractivity contribution in [3.05, 3.63) is 107 Å². The highest BCUT2D eigenvalue weighted by Crippen LogP contribution is 2.30. The predicted octanol–water partition coefficient (Wildman–Crippen LogP) is 5.41. The number of hydrogen-bond acceptors (Lipinski definition) is 4. The van der Waals surface area contributed by atoms with Crippen molar-refractivity contribution in [2.75, 3.05) is 18.0 Å². The lowest BCUT2D eigenvalue weighted by atomic mass is 9.99. The minimum absolute atomic E-state index is 0.0676. The van der Waals surface area contributed by atoms with E-state index in [9.17, 15) is 4.79 Å². The Balaban J connectivity index is 1.17. The van der Waals surface area contributed by atoms with Crippen molar-refractivity contribution in [2.45, 2.75) is 32.9 Å². The number of rotatable bonds is 4. The third kappa shape index (κ3) is 3.77. The van der Waals surface area contributed by atoms with Crippen LogP contribution < -0.4 is 4.90 Å². The summed E-state index contributed by atoms with van der Waals surface area (Å²) in [7, 11) is 0. The number of nitrogens with zero attached hydrogens (tertiary/aromatic N) is 3. The lowest BCUT2D eigenvalue weighted by molar-refractivity contribution is 0.0734. The van der Waals surface area contributed by atoms with Crippen LogP contribution in [0.15, 0.2) is 77.2 Å². The molecule has 170 valence electrons. The van der Waals surface area contributed by atoms with Gasteiger partial charge in [-0.2, -0.15) is 0 Å². The van der Waals surface area contributed by atoms with Crippen LogP contribution in [0.25, 0.3) is 11.5 Å². The van der Waals surface area contributed by atoms with E-state index < -0.39 is 0 Å². The number of oxazole rings is 1. The fourth-order valence-corrected chi connectivity index (χ4v) is 5.06. The van der Waals surface area contributed by atoms with Crippen molar-refractivity contribution < 1.29 is 9.21 Å². The molecule has 0 atom stereocenters. The summed E-state index contributed by atoms with van der Waals surface area (Å²) in [5.41, 5.74) is 7.79. The lowest BCUT2D eigenvalue weighted by Gasteiger charge is -2.29. The quantitative estimate of drug-likeness (QED) is 0.418. The minimum atomic E-state index is 0.0676. The fraction of sp³-hybridized carbons (Fsp3) is 0.241. The zero-order chi connectivity index (χ0) is 23.1. The number of fused-ring (bicyclic) bond motifs is 2. The lowest BCUT2D eigenvalue weighted by Crippen LogP contribution is -2.35. The van der Waals surface area contributed by atoms with Gasteiger partial charge in [-0.05, 0) is 66.8 Å². The van der Waals surface area contributed by atoms with Gasteiger partial charge in [0.05, 0.1) is 6.54 Å². The third-order valence-corrected chi connectivity index (χ3v) is 7.01. The summed E-state index contributed by atoms with van der Waals surface area (Å²) in [5, 5.41) is 0. The number of aryl methyl sites for hydroxylation is 1. The highest BCUT2D eigenvalue weighted by molar-refractivity contribution is 5.94. The van der Waals surface area contributed by atoms with Crippen LogP contribution in [0, 0.1) is 6.92 Å². The van der Waals surface area contributed by atoms with Gasteiger partial charge in [0.15, 0.2) is 0 Å². The summed E-state index contributed by atoms with van der Waals surface area (Å²) >= 11 is 0. The van der Waals surface area contributed by atoms with Crippen molar-refractivity contribution in [3.8, 4) is 11.5 Å². The van der Waals surface area contributed by atoms with E-state index in [1.807, 2.05) is 42.2 Å². The first-order valence-electron chi connectivity index (χ1n) is 11.9. The molecule has 2 aliphatic heterocycles. The van der Waals surface area contributed by atoms with Crippen molar-refractivity contribution in [1.82, 2.24) is 9.88 Å². The first-order chi connectivity index (χ1) is 16.7. The van der Waals surface area contributed by atoms with E-state index in [1.54, 1.807) is 0 Å². The number of carbonyl (C=O) groups excluding carboxylic acids is 1. The second-order valence-electron chi connectivity index (χ2n) is 9.14. The van der Waals surface area contributed by atoms with Gasteiger partial charge >= 0.3 is 0 Å². The van der Waals surface area contributed by atoms with Crippen molar-refractivity contribution >= 4 is 11.6 Å². The normalized spacial score (nSPS) is 14.7. The number of aromatic nitrogens is 1. The molecule has 3 aromatic carbocycles. The molecule has 0 N–H and O–H groups in total. The van der Waals surface area contributed by atoms with Crippen LogP contribution in [0.2, 0.25) is 0 Å². The van der Waals surface area contributed by atoms with Crippen LogP contribution in [-0.4, -0.2) is 28.9 Å². The molecule has 5 heteroatoms. The zero-order valence-corrected chi connectivity index (χ0v) is 19.3. The number of amides is 1. The Kier molecular flexibility index (Phi) is 5.17. The first kappa shape index (κ1) is 20.7. The van der Waals surface area contributed by atoms with Crippen LogP contribution in [-0.2, 0) is 25.9 Å². The molecule has 6 rings (SSSR count). The van der Waals surface area contributed by atoms with Gasteiger partial charge in [0.25, 0.3) is 5.91 Å². The maximum Gasteiger partial charge on any atom is 0.254 e. The summed E-state index contributed by atoms with van der Waals surface area (Å²) in [4.78, 5) is 22.2. The van der Waals surface area contributed by atoms with Gasteiger partial charge < -0.3 is 14.2 Å². The van der Waals surface area contributed by atoms with Gasteiger partial charge in [0, 0.05) is 36.4 Å². The fourth-order valence-electron chi connectivity index (χ4n) is 5.06. The van der Waals surface area contributed by atoms with Crippen LogP contribution in [0.4, 0.5) is 5.69 Å². The number of anilines is 1. The van der Waals surface area contributed by atoms with E-state index >= 15 is 0 Å². The molecule has 0 saturated heterocycles. The average molecular weight is 450 g/mol. The number of benzene rings is 3. The van der Waals surface area contributed by atoms with Gasteiger partial charge in [-0.25, -0.2) is 4.98 Å². The maximum absolute atomic E-state index is 13.1. The van der Waals surface area contributed by atoms with E-state index in [2.05, 4.69) is 47.4 Å². The van der Waals surface area contributed by atoms with Gasteiger partial charge in [-0.3, -0.25) is 4.79 Å². The first-order valence-corrected chi connectivity index (χ1v) is 11.9. The van der Waals surface area contributed by atoms with Gasteiger partial charge in [0.1, 0.15) is 11.5 Å². The Hall–Kier alpha value is -3.86. The maximum atomic E-state index is 13.1. The van der Waals surface area contributed by atoms with Crippen molar-refractivity contribution in [2.24, 2.45) is 0 Å². The predicted molar refractivity (Wildman–Crippen MR) is 133 cm³/mol. The van der Waals surface area contributed by atoms with E-state index in [0.717, 1.165) is 49.5 Å². The molecule has 0 aliphatic carbocycles. The summed E-state index contributed by atoms with van der Waals surface area (Å²) in [6.07, 6.45) is 1.97. The standard InChI is InChI=1S/C29H27N3O2/c1-20-26(19-31-16-15-22-7-4-5-9-27(22)31)30-28(34-20)23-10-12-24(13-11-23)29(33)32-17-14-21-6-2-3-8-25(21)18-32/h2-13H,14-19H2,1H3. The molecular formula is C29H27N3O2. The molecule has 0 unspecified atom stereocenters. The second-order valence-corrected chi connectivity index (χ2v) is 9.14. The highest BCUT2D eigenvalue weighted by Gasteiger charge is 2.23. The molecule has 3 heterocycles. The molecule has 0 saturated carbocycles. The second kappa shape index (κ2) is 8.49. The molecule has 0 radical (unpaired) electrons. The molecule has 1 amide bonds. The zero-order valence-electron chi connectivity index (χ0n) is 19.3. The third-order valence-electron chi connectivity index (χ3n) is 7.01. The molecule has 34 heavy (non-hydrogen) atoms. The summed E-state index contributed by atoms with van der Waals surface area (Å²) in [5.74, 6) is 1.51. The molecule has 0 spiro atoms. The Morgan fingerprint density at radius 3 is 2.41 bits per heavy atom. The molecule has 5 nitrogen and oxygen atoms in total. The summed E-state index contributed by atoms with van der Waals surface area (Å²) in [6, 6.07) is 24.6. The van der Waals surface area contributed by atoms with Crippen molar-refractivity contribution in [3.63, 3.8) is 0 Å². The highest BCUT2D eigenvalue weighted by atomic mass is 16.4. The average Bonchev–Trinajstić information content (AvgIpc) is 3.47. The smallest absolute Gasteiger partial charge is 0.254 e. The van der Waals surface area contributed by atoms with Crippen LogP contribution >= 0.6 is 0 Å². The largest absolute Gasteiger partial charge is 0.441 e. The van der Waals surface area contributed by atoms with Gasteiger partial charge in [-0.15, -0.1) is 0 Å². The van der Waals surface area contributed by atoms with Crippen LogP contribution in [0.5, 0.6) is 0 Å². The molecular weight excluding hydrogens is 422 g/mol. The Morgan fingerprint density at radius 2 is 1.59 bits per heavy atom. The minimum Gasteiger partial charge on any atom is -0.441 e. The van der Waals surface area contributed by atoms with Gasteiger partial charge in [-0.1, -0.05) is 42.5 Å².